The normalized spacial score (nSPS) is 12.3. The molecule has 0 saturated carbocycles. The average Bonchev–Trinajstić information content (AvgIpc) is 3.30. The second-order valence-corrected chi connectivity index (χ2v) is 11.2. The van der Waals surface area contributed by atoms with Crippen LogP contribution in [0.1, 0.15) is 34.3 Å². The lowest BCUT2D eigenvalue weighted by atomic mass is 10.0. The molecular weight excluding hydrogens is 460 g/mol. The van der Waals surface area contributed by atoms with Crippen molar-refractivity contribution in [1.29, 1.82) is 0 Å². The molecule has 1 atom stereocenters. The molecule has 32 heavy (non-hydrogen) atoms. The van der Waals surface area contributed by atoms with Crippen molar-refractivity contribution in [3.05, 3.63) is 61.3 Å². The van der Waals surface area contributed by atoms with Crippen LogP contribution in [0.25, 0.3) is 21.5 Å². The number of amides is 1. The number of H-pyrrole nitrogens is 1. The van der Waals surface area contributed by atoms with Crippen LogP contribution >= 0.6 is 34.4 Å². The number of hydrogen-bond donors (Lipinski definition) is 2. The Morgan fingerprint density at radius 2 is 2.00 bits per heavy atom. The number of carbonyl (C=O) groups excluding carboxylic acids is 1. The third-order valence-electron chi connectivity index (χ3n) is 5.32. The highest BCUT2D eigenvalue weighted by molar-refractivity contribution is 7.99. The molecule has 0 radical (unpaired) electrons. The van der Waals surface area contributed by atoms with Gasteiger partial charge >= 0.3 is 0 Å². The number of aryl methyl sites for hydroxylation is 4. The van der Waals surface area contributed by atoms with Crippen molar-refractivity contribution >= 4 is 55.7 Å². The number of aromatic amines is 1. The number of fused-ring (bicyclic) bond motifs is 1. The quantitative estimate of drug-likeness (QED) is 0.372. The van der Waals surface area contributed by atoms with E-state index in [-0.39, 0.29) is 16.7 Å². The summed E-state index contributed by atoms with van der Waals surface area (Å²) in [5.41, 5.74) is 5.16. The number of aromatic nitrogens is 3. The Morgan fingerprint density at radius 1 is 1.22 bits per heavy atom. The molecule has 0 aliphatic heterocycles. The Bertz CT molecular complexity index is 1370. The Hall–Kier alpha value is -2.49. The van der Waals surface area contributed by atoms with Crippen molar-refractivity contribution in [3.8, 4) is 11.3 Å². The SMILES string of the molecule is Cc1ccc(-c2csc(NC(=O)C(C)SCc3nc4sc(C)c(C)c4c(=O)[nH]3)n2)c(C)c1. The first kappa shape index (κ1) is 22.7. The second kappa shape index (κ2) is 9.17. The fourth-order valence-electron chi connectivity index (χ4n) is 3.41. The van der Waals surface area contributed by atoms with E-state index in [4.69, 9.17) is 0 Å². The third kappa shape index (κ3) is 4.65. The predicted molar refractivity (Wildman–Crippen MR) is 136 cm³/mol. The van der Waals surface area contributed by atoms with Crippen LogP contribution in [0.2, 0.25) is 0 Å². The lowest BCUT2D eigenvalue weighted by Crippen LogP contribution is -2.23. The summed E-state index contributed by atoms with van der Waals surface area (Å²) in [5, 5.41) is 5.78. The number of carbonyl (C=O) groups is 1. The molecule has 0 bridgehead atoms. The van der Waals surface area contributed by atoms with Crippen molar-refractivity contribution < 1.29 is 4.79 Å². The molecule has 166 valence electrons. The minimum Gasteiger partial charge on any atom is -0.309 e. The van der Waals surface area contributed by atoms with Crippen LogP contribution in [0.5, 0.6) is 0 Å². The molecular formula is C23H24N4O2S3. The summed E-state index contributed by atoms with van der Waals surface area (Å²) in [7, 11) is 0. The highest BCUT2D eigenvalue weighted by Crippen LogP contribution is 2.29. The summed E-state index contributed by atoms with van der Waals surface area (Å²) in [4.78, 5) is 39.0. The summed E-state index contributed by atoms with van der Waals surface area (Å²) >= 11 is 4.37. The largest absolute Gasteiger partial charge is 0.309 e. The first-order chi connectivity index (χ1) is 15.2. The highest BCUT2D eigenvalue weighted by Gasteiger charge is 2.18. The number of nitrogens with zero attached hydrogens (tertiary/aromatic N) is 2. The van der Waals surface area contributed by atoms with Crippen molar-refractivity contribution in [2.45, 2.75) is 45.6 Å². The van der Waals surface area contributed by atoms with Crippen molar-refractivity contribution in [3.63, 3.8) is 0 Å². The third-order valence-corrected chi connectivity index (χ3v) is 8.33. The number of thiophene rings is 1. The molecule has 6 nitrogen and oxygen atoms in total. The summed E-state index contributed by atoms with van der Waals surface area (Å²) in [5.74, 6) is 0.907. The van der Waals surface area contributed by atoms with E-state index in [1.54, 1.807) is 0 Å². The number of thiazole rings is 1. The number of benzene rings is 1. The zero-order chi connectivity index (χ0) is 23.0. The van der Waals surface area contributed by atoms with Crippen LogP contribution in [-0.2, 0) is 10.5 Å². The molecule has 1 unspecified atom stereocenters. The van der Waals surface area contributed by atoms with Crippen LogP contribution in [0.15, 0.2) is 28.4 Å². The van der Waals surface area contributed by atoms with E-state index in [0.717, 1.165) is 32.1 Å². The Kier molecular flexibility index (Phi) is 6.50. The maximum atomic E-state index is 12.7. The molecule has 4 rings (SSSR count). The summed E-state index contributed by atoms with van der Waals surface area (Å²) in [6.45, 7) is 9.90. The fourth-order valence-corrected chi connectivity index (χ4v) is 5.93. The van der Waals surface area contributed by atoms with E-state index in [1.165, 1.54) is 40.0 Å². The minimum atomic E-state index is -0.323. The van der Waals surface area contributed by atoms with Crippen LogP contribution in [0.4, 0.5) is 5.13 Å². The zero-order valence-corrected chi connectivity index (χ0v) is 21.0. The first-order valence-corrected chi connectivity index (χ1v) is 12.9. The van der Waals surface area contributed by atoms with Gasteiger partial charge in [0.2, 0.25) is 5.91 Å². The smallest absolute Gasteiger partial charge is 0.259 e. The number of anilines is 1. The van der Waals surface area contributed by atoms with Crippen LogP contribution in [0, 0.1) is 27.7 Å². The average molecular weight is 485 g/mol. The van der Waals surface area contributed by atoms with E-state index in [1.807, 2.05) is 26.2 Å². The number of rotatable bonds is 6. The molecule has 0 aliphatic rings. The lowest BCUT2D eigenvalue weighted by molar-refractivity contribution is -0.115. The van der Waals surface area contributed by atoms with Gasteiger partial charge in [-0.05, 0) is 45.7 Å². The van der Waals surface area contributed by atoms with E-state index in [0.29, 0.717) is 22.1 Å². The van der Waals surface area contributed by atoms with Gasteiger partial charge in [-0.3, -0.25) is 9.59 Å². The van der Waals surface area contributed by atoms with Gasteiger partial charge in [0.15, 0.2) is 5.13 Å². The maximum Gasteiger partial charge on any atom is 0.259 e. The van der Waals surface area contributed by atoms with E-state index < -0.39 is 0 Å². The monoisotopic (exact) mass is 484 g/mol. The lowest BCUT2D eigenvalue weighted by Gasteiger charge is -2.10. The zero-order valence-electron chi connectivity index (χ0n) is 18.5. The van der Waals surface area contributed by atoms with Gasteiger partial charge in [0.1, 0.15) is 10.7 Å². The van der Waals surface area contributed by atoms with Crippen LogP contribution < -0.4 is 10.9 Å². The Balaban J connectivity index is 1.40. The molecule has 3 heterocycles. The van der Waals surface area contributed by atoms with Gasteiger partial charge in [-0.15, -0.1) is 34.4 Å². The van der Waals surface area contributed by atoms with Gasteiger partial charge in [-0.1, -0.05) is 23.8 Å². The number of thioether (sulfide) groups is 1. The fraction of sp³-hybridized carbons (Fsp3) is 0.304. The molecule has 0 saturated heterocycles. The van der Waals surface area contributed by atoms with Gasteiger partial charge in [0.05, 0.1) is 22.1 Å². The standard InChI is InChI=1S/C23H24N4O2S3/c1-11-6-7-16(12(2)8-11)17-9-31-23(24-17)27-20(28)15(5)30-10-18-25-21(29)19-13(3)14(4)32-22(19)26-18/h6-9,15H,10H2,1-5H3,(H,24,27,28)(H,25,26,29). The second-order valence-electron chi connectivity index (χ2n) is 7.77. The molecule has 0 spiro atoms. The topological polar surface area (TPSA) is 87.7 Å². The molecule has 0 fully saturated rings. The molecule has 4 aromatic rings. The number of nitrogens with one attached hydrogen (secondary N) is 2. The van der Waals surface area contributed by atoms with Gasteiger partial charge in [-0.2, -0.15) is 0 Å². The van der Waals surface area contributed by atoms with Gasteiger partial charge < -0.3 is 10.3 Å². The molecule has 2 N–H and O–H groups in total. The van der Waals surface area contributed by atoms with Crippen LogP contribution in [-0.4, -0.2) is 26.1 Å². The van der Waals surface area contributed by atoms with Gasteiger partial charge in [0.25, 0.3) is 5.56 Å². The molecule has 0 aliphatic carbocycles. The van der Waals surface area contributed by atoms with Crippen molar-refractivity contribution in [1.82, 2.24) is 15.0 Å². The van der Waals surface area contributed by atoms with Crippen molar-refractivity contribution in [2.75, 3.05) is 5.32 Å². The van der Waals surface area contributed by atoms with Gasteiger partial charge in [0, 0.05) is 15.8 Å². The predicted octanol–water partition coefficient (Wildman–Crippen LogP) is 5.60. The first-order valence-electron chi connectivity index (χ1n) is 10.2. The maximum absolute atomic E-state index is 12.7. The number of hydrogen-bond acceptors (Lipinski definition) is 7. The summed E-state index contributed by atoms with van der Waals surface area (Å²) in [6, 6.07) is 6.25. The molecule has 3 aromatic heterocycles. The molecule has 9 heteroatoms. The molecule has 1 amide bonds. The van der Waals surface area contributed by atoms with Crippen molar-refractivity contribution in [2.24, 2.45) is 0 Å². The van der Waals surface area contributed by atoms with E-state index >= 15 is 0 Å². The van der Waals surface area contributed by atoms with Crippen LogP contribution in [0.3, 0.4) is 0 Å². The minimum absolute atomic E-state index is 0.119. The Labute approximate surface area is 198 Å². The van der Waals surface area contributed by atoms with E-state index in [2.05, 4.69) is 52.3 Å². The molecule has 1 aromatic carbocycles. The summed E-state index contributed by atoms with van der Waals surface area (Å²) in [6.07, 6.45) is 0. The van der Waals surface area contributed by atoms with Gasteiger partial charge in [-0.25, -0.2) is 9.97 Å². The Morgan fingerprint density at radius 3 is 2.75 bits per heavy atom. The van der Waals surface area contributed by atoms with E-state index in [9.17, 15) is 9.59 Å². The highest BCUT2D eigenvalue weighted by atomic mass is 32.2. The summed E-state index contributed by atoms with van der Waals surface area (Å²) < 4.78 is 0.